The van der Waals surface area contributed by atoms with E-state index in [1.807, 2.05) is 55.1 Å². The van der Waals surface area contributed by atoms with Crippen molar-refractivity contribution >= 4 is 29.7 Å². The number of morpholine rings is 1. The Morgan fingerprint density at radius 2 is 1.79 bits per heavy atom. The van der Waals surface area contributed by atoms with Gasteiger partial charge in [0.25, 0.3) is 0 Å². The average molecular weight is 499 g/mol. The fraction of sp³-hybridized carbons (Fsp3) is 0.360. The lowest BCUT2D eigenvalue weighted by molar-refractivity contribution is 0.0374. The molecule has 0 amide bonds. The van der Waals surface area contributed by atoms with Crippen molar-refractivity contribution in [2.24, 2.45) is 0 Å². The van der Waals surface area contributed by atoms with E-state index >= 15 is 0 Å². The highest BCUT2D eigenvalue weighted by Gasteiger charge is 2.14. The van der Waals surface area contributed by atoms with Crippen LogP contribution in [-0.4, -0.2) is 62.1 Å². The zero-order chi connectivity index (χ0) is 22.5. The number of fused-ring (bicyclic) bond motifs is 1. The Bertz CT molecular complexity index is 1220. The first-order chi connectivity index (χ1) is 16.3. The van der Waals surface area contributed by atoms with Crippen LogP contribution in [0, 0.1) is 0 Å². The van der Waals surface area contributed by atoms with Gasteiger partial charge in [0.15, 0.2) is 5.65 Å². The van der Waals surface area contributed by atoms with Gasteiger partial charge in [0.1, 0.15) is 5.82 Å². The SMILES string of the molecule is Cl.Clc1ccccc1CCc1nccc(-c2cnc3c(CCCN4CCOCC4)nccn23)n1. The normalized spacial score (nSPS) is 14.3. The molecule has 4 heterocycles. The minimum absolute atomic E-state index is 0. The van der Waals surface area contributed by atoms with Crippen molar-refractivity contribution in [3.05, 3.63) is 77.2 Å². The summed E-state index contributed by atoms with van der Waals surface area (Å²) in [6.07, 6.45) is 11.0. The van der Waals surface area contributed by atoms with E-state index in [4.69, 9.17) is 21.3 Å². The van der Waals surface area contributed by atoms with Crippen molar-refractivity contribution in [3.8, 4) is 11.4 Å². The smallest absolute Gasteiger partial charge is 0.159 e. The molecule has 0 bridgehead atoms. The fourth-order valence-electron chi connectivity index (χ4n) is 4.24. The molecule has 5 rings (SSSR count). The second kappa shape index (κ2) is 11.7. The number of hydrogen-bond acceptors (Lipinski definition) is 6. The van der Waals surface area contributed by atoms with Crippen LogP contribution in [0.5, 0.6) is 0 Å². The third kappa shape index (κ3) is 5.73. The number of nitrogens with zero attached hydrogens (tertiary/aromatic N) is 6. The molecule has 34 heavy (non-hydrogen) atoms. The number of aromatic nitrogens is 5. The third-order valence-electron chi connectivity index (χ3n) is 6.04. The number of rotatable bonds is 8. The van der Waals surface area contributed by atoms with Crippen molar-refractivity contribution in [1.82, 2.24) is 29.2 Å². The lowest BCUT2D eigenvalue weighted by Crippen LogP contribution is -2.37. The van der Waals surface area contributed by atoms with Gasteiger partial charge in [-0.15, -0.1) is 12.4 Å². The van der Waals surface area contributed by atoms with Crippen LogP contribution in [0.15, 0.2) is 55.1 Å². The minimum Gasteiger partial charge on any atom is -0.379 e. The van der Waals surface area contributed by atoms with E-state index in [-0.39, 0.29) is 12.4 Å². The molecule has 1 aromatic carbocycles. The Balaban J connectivity index is 0.00000274. The van der Waals surface area contributed by atoms with E-state index in [0.717, 1.165) is 97.7 Å². The maximum absolute atomic E-state index is 6.30. The van der Waals surface area contributed by atoms with Crippen LogP contribution in [-0.2, 0) is 24.0 Å². The van der Waals surface area contributed by atoms with E-state index in [1.54, 1.807) is 0 Å². The first-order valence-corrected chi connectivity index (χ1v) is 11.8. The zero-order valence-electron chi connectivity index (χ0n) is 18.9. The average Bonchev–Trinajstić information content (AvgIpc) is 3.30. The van der Waals surface area contributed by atoms with Crippen molar-refractivity contribution in [1.29, 1.82) is 0 Å². The molecule has 1 aliphatic heterocycles. The number of hydrogen-bond donors (Lipinski definition) is 0. The second-order valence-electron chi connectivity index (χ2n) is 8.22. The van der Waals surface area contributed by atoms with Crippen LogP contribution in [0.2, 0.25) is 5.02 Å². The molecule has 0 N–H and O–H groups in total. The molecule has 1 saturated heterocycles. The summed E-state index contributed by atoms with van der Waals surface area (Å²) in [7, 11) is 0. The van der Waals surface area contributed by atoms with Crippen LogP contribution < -0.4 is 0 Å². The molecule has 0 aliphatic carbocycles. The molecule has 4 aromatic rings. The minimum atomic E-state index is 0. The van der Waals surface area contributed by atoms with E-state index < -0.39 is 0 Å². The molecule has 0 spiro atoms. The first kappa shape index (κ1) is 24.5. The predicted molar refractivity (Wildman–Crippen MR) is 136 cm³/mol. The van der Waals surface area contributed by atoms with Gasteiger partial charge in [-0.2, -0.15) is 0 Å². The van der Waals surface area contributed by atoms with Gasteiger partial charge in [-0.1, -0.05) is 29.8 Å². The molecule has 9 heteroatoms. The molecule has 3 aromatic heterocycles. The maximum atomic E-state index is 6.30. The maximum Gasteiger partial charge on any atom is 0.159 e. The van der Waals surface area contributed by atoms with Crippen molar-refractivity contribution in [2.45, 2.75) is 25.7 Å². The predicted octanol–water partition coefficient (Wildman–Crippen LogP) is 4.31. The van der Waals surface area contributed by atoms with Gasteiger partial charge in [-0.05, 0) is 43.5 Å². The molecule has 0 unspecified atom stereocenters. The Hall–Kier alpha value is -2.58. The molecule has 1 aliphatic rings. The quantitative estimate of drug-likeness (QED) is 0.360. The summed E-state index contributed by atoms with van der Waals surface area (Å²) in [6.45, 7) is 4.74. The summed E-state index contributed by atoms with van der Waals surface area (Å²) in [5, 5.41) is 0.782. The highest BCUT2D eigenvalue weighted by molar-refractivity contribution is 6.31. The molecule has 178 valence electrons. The number of halogens is 2. The highest BCUT2D eigenvalue weighted by atomic mass is 35.5. The molecular weight excluding hydrogens is 471 g/mol. The van der Waals surface area contributed by atoms with Crippen LogP contribution in [0.4, 0.5) is 0 Å². The Kier molecular flexibility index (Phi) is 8.45. The standard InChI is InChI=1S/C25H27ClN6O.ClH/c26-20-5-2-1-4-19(20)7-8-24-28-10-9-21(30-24)23-18-29-25-22(27-11-13-32(23)25)6-3-12-31-14-16-33-17-15-31;/h1-2,4-5,9-11,13,18H,3,6-8,12,14-17H2;1H. The number of benzene rings is 1. The van der Waals surface area contributed by atoms with Crippen LogP contribution >= 0.6 is 24.0 Å². The Labute approximate surface area is 210 Å². The zero-order valence-corrected chi connectivity index (χ0v) is 20.5. The summed E-state index contributed by atoms with van der Waals surface area (Å²) < 4.78 is 7.52. The van der Waals surface area contributed by atoms with Gasteiger partial charge in [0.05, 0.1) is 36.5 Å². The Morgan fingerprint density at radius 3 is 2.65 bits per heavy atom. The lowest BCUT2D eigenvalue weighted by Gasteiger charge is -2.26. The van der Waals surface area contributed by atoms with Gasteiger partial charge >= 0.3 is 0 Å². The lowest BCUT2D eigenvalue weighted by atomic mass is 10.1. The molecule has 0 atom stereocenters. The molecule has 0 radical (unpaired) electrons. The van der Waals surface area contributed by atoms with Gasteiger partial charge in [-0.3, -0.25) is 14.3 Å². The highest BCUT2D eigenvalue weighted by Crippen LogP contribution is 2.21. The molecular formula is C25H28Cl2N6O. The largest absolute Gasteiger partial charge is 0.379 e. The van der Waals surface area contributed by atoms with E-state index in [2.05, 4.69) is 24.3 Å². The molecule has 1 fully saturated rings. The number of aryl methyl sites for hydroxylation is 3. The van der Waals surface area contributed by atoms with Gasteiger partial charge < -0.3 is 4.74 Å². The van der Waals surface area contributed by atoms with Crippen molar-refractivity contribution < 1.29 is 4.74 Å². The summed E-state index contributed by atoms with van der Waals surface area (Å²) in [5.74, 6) is 0.794. The number of ether oxygens (including phenoxy) is 1. The van der Waals surface area contributed by atoms with E-state index in [0.29, 0.717) is 0 Å². The summed E-state index contributed by atoms with van der Waals surface area (Å²) in [5.41, 5.74) is 4.83. The van der Waals surface area contributed by atoms with Gasteiger partial charge in [0.2, 0.25) is 0 Å². The van der Waals surface area contributed by atoms with Crippen molar-refractivity contribution in [3.63, 3.8) is 0 Å². The summed E-state index contributed by atoms with van der Waals surface area (Å²) >= 11 is 6.30. The monoisotopic (exact) mass is 498 g/mol. The summed E-state index contributed by atoms with van der Waals surface area (Å²) in [6, 6.07) is 9.84. The van der Waals surface area contributed by atoms with Gasteiger partial charge in [0, 0.05) is 43.1 Å². The van der Waals surface area contributed by atoms with Crippen LogP contribution in [0.3, 0.4) is 0 Å². The first-order valence-electron chi connectivity index (χ1n) is 11.4. The van der Waals surface area contributed by atoms with Crippen LogP contribution in [0.25, 0.3) is 17.0 Å². The second-order valence-corrected chi connectivity index (χ2v) is 8.63. The number of imidazole rings is 1. The Morgan fingerprint density at radius 1 is 0.941 bits per heavy atom. The molecule has 7 nitrogen and oxygen atoms in total. The third-order valence-corrected chi connectivity index (χ3v) is 6.41. The van der Waals surface area contributed by atoms with E-state index in [1.165, 1.54) is 0 Å². The van der Waals surface area contributed by atoms with Crippen LogP contribution in [0.1, 0.15) is 23.5 Å². The summed E-state index contributed by atoms with van der Waals surface area (Å²) in [4.78, 5) is 21.0. The topological polar surface area (TPSA) is 68.4 Å². The fourth-order valence-corrected chi connectivity index (χ4v) is 4.47. The van der Waals surface area contributed by atoms with Crippen molar-refractivity contribution in [2.75, 3.05) is 32.8 Å². The van der Waals surface area contributed by atoms with Gasteiger partial charge in [-0.25, -0.2) is 15.0 Å². The molecule has 0 saturated carbocycles. The van der Waals surface area contributed by atoms with E-state index in [9.17, 15) is 0 Å².